The van der Waals surface area contributed by atoms with Gasteiger partial charge in [-0.3, -0.25) is 4.79 Å². The zero-order valence-corrected chi connectivity index (χ0v) is 12.5. The van der Waals surface area contributed by atoms with Gasteiger partial charge in [-0.25, -0.2) is 0 Å². The van der Waals surface area contributed by atoms with Crippen LogP contribution in [0, 0.1) is 0 Å². The van der Waals surface area contributed by atoms with Crippen LogP contribution in [0.15, 0.2) is 50.4 Å². The van der Waals surface area contributed by atoms with Crippen molar-refractivity contribution in [3.63, 3.8) is 0 Å². The summed E-state index contributed by atoms with van der Waals surface area (Å²) in [7, 11) is 0. The first kappa shape index (κ1) is 13.1. The number of nitrogens with zero attached hydrogens (tertiary/aromatic N) is 1. The maximum Gasteiger partial charge on any atom is 0.262 e. The first-order chi connectivity index (χ1) is 9.66. The van der Waals surface area contributed by atoms with E-state index >= 15 is 0 Å². The third kappa shape index (κ3) is 2.28. The maximum atomic E-state index is 12.2. The third-order valence-electron chi connectivity index (χ3n) is 2.84. The van der Waals surface area contributed by atoms with Crippen molar-refractivity contribution in [2.24, 2.45) is 0 Å². The topological polar surface area (TPSA) is 66.0 Å². The smallest absolute Gasteiger partial charge is 0.262 e. The van der Waals surface area contributed by atoms with Crippen molar-refractivity contribution in [1.82, 2.24) is 9.97 Å². The second-order valence-corrected chi connectivity index (χ2v) is 5.74. The standard InChI is InChI=1S/C14H9BrN2O2S/c15-10-4-2-1-3-9(10)11-13(18)16-12(17-14(11)19)8-5-6-20-7-8/h1-7H,(H2,16,17,18,19). The lowest BCUT2D eigenvalue weighted by molar-refractivity contribution is 0.454. The molecule has 3 rings (SSSR count). The average molecular weight is 349 g/mol. The molecule has 0 amide bonds. The predicted molar refractivity (Wildman–Crippen MR) is 83.0 cm³/mol. The fourth-order valence-electron chi connectivity index (χ4n) is 1.90. The summed E-state index contributed by atoms with van der Waals surface area (Å²) < 4.78 is 0.728. The van der Waals surface area contributed by atoms with Crippen LogP contribution in [0.1, 0.15) is 0 Å². The van der Waals surface area contributed by atoms with Gasteiger partial charge in [0.1, 0.15) is 11.4 Å². The molecule has 0 radical (unpaired) electrons. The molecule has 2 N–H and O–H groups in total. The van der Waals surface area contributed by atoms with E-state index in [1.807, 2.05) is 22.9 Å². The number of aromatic nitrogens is 2. The molecule has 0 saturated carbocycles. The summed E-state index contributed by atoms with van der Waals surface area (Å²) in [4.78, 5) is 19.0. The number of hydrogen-bond acceptors (Lipinski definition) is 4. The molecule has 0 bridgehead atoms. The number of thiophene rings is 1. The Hall–Kier alpha value is -1.92. The summed E-state index contributed by atoms with van der Waals surface area (Å²) in [6, 6.07) is 9.03. The minimum atomic E-state index is -0.370. The molecule has 2 aromatic heterocycles. The van der Waals surface area contributed by atoms with Gasteiger partial charge < -0.3 is 10.1 Å². The largest absolute Gasteiger partial charge is 0.493 e. The highest BCUT2D eigenvalue weighted by molar-refractivity contribution is 9.10. The Bertz CT molecular complexity index is 812. The van der Waals surface area contributed by atoms with Crippen molar-refractivity contribution >= 4 is 27.3 Å². The number of nitrogens with one attached hydrogen (secondary N) is 1. The highest BCUT2D eigenvalue weighted by atomic mass is 79.9. The van der Waals surface area contributed by atoms with E-state index in [1.54, 1.807) is 18.2 Å². The maximum absolute atomic E-state index is 12.2. The summed E-state index contributed by atoms with van der Waals surface area (Å²) in [6.07, 6.45) is 0. The average Bonchev–Trinajstić information content (AvgIpc) is 2.94. The second kappa shape index (κ2) is 5.22. The van der Waals surface area contributed by atoms with Gasteiger partial charge in [-0.2, -0.15) is 16.3 Å². The highest BCUT2D eigenvalue weighted by Gasteiger charge is 2.15. The van der Waals surface area contributed by atoms with Crippen molar-refractivity contribution in [3.8, 4) is 28.4 Å². The van der Waals surface area contributed by atoms with E-state index in [4.69, 9.17) is 0 Å². The lowest BCUT2D eigenvalue weighted by Gasteiger charge is -2.07. The van der Waals surface area contributed by atoms with E-state index in [1.165, 1.54) is 11.3 Å². The van der Waals surface area contributed by atoms with Crippen LogP contribution >= 0.6 is 27.3 Å². The highest BCUT2D eigenvalue weighted by Crippen LogP contribution is 2.31. The predicted octanol–water partition coefficient (Wildman–Crippen LogP) is 3.63. The summed E-state index contributed by atoms with van der Waals surface area (Å²) in [5, 5.41) is 13.8. The first-order valence-corrected chi connectivity index (χ1v) is 7.51. The Morgan fingerprint density at radius 2 is 2.05 bits per heavy atom. The number of aromatic hydroxyl groups is 1. The molecule has 3 aromatic rings. The monoisotopic (exact) mass is 348 g/mol. The Kier molecular flexibility index (Phi) is 3.42. The normalized spacial score (nSPS) is 10.7. The molecular weight excluding hydrogens is 340 g/mol. The molecule has 6 heteroatoms. The molecule has 0 saturated heterocycles. The van der Waals surface area contributed by atoms with Gasteiger partial charge in [0.15, 0.2) is 0 Å². The molecule has 0 spiro atoms. The molecule has 0 aliphatic carbocycles. The zero-order valence-electron chi connectivity index (χ0n) is 10.1. The zero-order chi connectivity index (χ0) is 14.1. The van der Waals surface area contributed by atoms with Crippen molar-refractivity contribution in [3.05, 3.63) is 55.9 Å². The molecule has 1 aromatic carbocycles. The van der Waals surface area contributed by atoms with Gasteiger partial charge in [0.2, 0.25) is 5.88 Å². The van der Waals surface area contributed by atoms with Crippen molar-refractivity contribution in [1.29, 1.82) is 0 Å². The van der Waals surface area contributed by atoms with Gasteiger partial charge >= 0.3 is 0 Å². The molecule has 100 valence electrons. The second-order valence-electron chi connectivity index (χ2n) is 4.11. The van der Waals surface area contributed by atoms with Crippen LogP contribution < -0.4 is 5.56 Å². The quantitative estimate of drug-likeness (QED) is 0.742. The van der Waals surface area contributed by atoms with Crippen LogP contribution in [-0.4, -0.2) is 15.1 Å². The summed E-state index contributed by atoms with van der Waals surface area (Å²) in [5.41, 5.74) is 1.18. The Morgan fingerprint density at radius 1 is 1.25 bits per heavy atom. The van der Waals surface area contributed by atoms with Gasteiger partial charge in [0.25, 0.3) is 5.56 Å². The molecular formula is C14H9BrN2O2S. The molecule has 0 aliphatic rings. The summed E-state index contributed by atoms with van der Waals surface area (Å²) >= 11 is 4.87. The van der Waals surface area contributed by atoms with Gasteiger partial charge in [-0.15, -0.1) is 0 Å². The number of aromatic amines is 1. The van der Waals surface area contributed by atoms with Crippen LogP contribution in [0.3, 0.4) is 0 Å². The fourth-order valence-corrected chi connectivity index (χ4v) is 3.03. The molecule has 0 unspecified atom stereocenters. The van der Waals surface area contributed by atoms with Crippen molar-refractivity contribution in [2.75, 3.05) is 0 Å². The van der Waals surface area contributed by atoms with E-state index in [0.717, 1.165) is 10.0 Å². The minimum absolute atomic E-state index is 0.163. The summed E-state index contributed by atoms with van der Waals surface area (Å²) in [6.45, 7) is 0. The van der Waals surface area contributed by atoms with E-state index in [-0.39, 0.29) is 17.0 Å². The molecule has 2 heterocycles. The fraction of sp³-hybridized carbons (Fsp3) is 0. The van der Waals surface area contributed by atoms with Gasteiger partial charge in [0, 0.05) is 21.0 Å². The SMILES string of the molecule is O=c1[nH]c(-c2ccsc2)nc(O)c1-c1ccccc1Br. The van der Waals surface area contributed by atoms with Crippen LogP contribution in [0.2, 0.25) is 0 Å². The van der Waals surface area contributed by atoms with E-state index in [9.17, 15) is 9.90 Å². The van der Waals surface area contributed by atoms with Crippen LogP contribution in [0.25, 0.3) is 22.5 Å². The molecule has 4 nitrogen and oxygen atoms in total. The van der Waals surface area contributed by atoms with Crippen LogP contribution in [0.5, 0.6) is 5.88 Å². The van der Waals surface area contributed by atoms with E-state index < -0.39 is 0 Å². The number of halogens is 1. The minimum Gasteiger partial charge on any atom is -0.493 e. The Morgan fingerprint density at radius 3 is 2.70 bits per heavy atom. The van der Waals surface area contributed by atoms with Gasteiger partial charge in [-0.05, 0) is 17.5 Å². The lowest BCUT2D eigenvalue weighted by atomic mass is 10.1. The number of H-pyrrole nitrogens is 1. The Balaban J connectivity index is 2.20. The van der Waals surface area contributed by atoms with Crippen molar-refractivity contribution < 1.29 is 5.11 Å². The number of hydrogen-bond donors (Lipinski definition) is 2. The van der Waals surface area contributed by atoms with Crippen LogP contribution in [0.4, 0.5) is 0 Å². The molecule has 0 atom stereocenters. The first-order valence-electron chi connectivity index (χ1n) is 5.77. The molecule has 0 aliphatic heterocycles. The Labute approximate surface area is 126 Å². The van der Waals surface area contributed by atoms with Crippen molar-refractivity contribution in [2.45, 2.75) is 0 Å². The number of rotatable bonds is 2. The van der Waals surface area contributed by atoms with Crippen LogP contribution in [-0.2, 0) is 0 Å². The van der Waals surface area contributed by atoms with Gasteiger partial charge in [-0.1, -0.05) is 34.1 Å². The summed E-state index contributed by atoms with van der Waals surface area (Å²) in [5.74, 6) is 0.0893. The lowest BCUT2D eigenvalue weighted by Crippen LogP contribution is -2.12. The van der Waals surface area contributed by atoms with Gasteiger partial charge in [0.05, 0.1) is 0 Å². The van der Waals surface area contributed by atoms with E-state index in [2.05, 4.69) is 25.9 Å². The van der Waals surface area contributed by atoms with E-state index in [0.29, 0.717) is 11.4 Å². The number of benzene rings is 1. The molecule has 20 heavy (non-hydrogen) atoms. The third-order valence-corrected chi connectivity index (χ3v) is 4.21. The molecule has 0 fully saturated rings.